The molecule has 0 aromatic heterocycles. The smallest absolute Gasteiger partial charge is 0.285 e. The summed E-state index contributed by atoms with van der Waals surface area (Å²) in [6.07, 6.45) is 13.8. The van der Waals surface area contributed by atoms with Crippen LogP contribution in [0.4, 0.5) is 0 Å². The van der Waals surface area contributed by atoms with Crippen LogP contribution in [0.15, 0.2) is 0 Å². The van der Waals surface area contributed by atoms with Crippen molar-refractivity contribution in [1.29, 1.82) is 0 Å². The van der Waals surface area contributed by atoms with E-state index in [1.54, 1.807) is 21.3 Å². The molecule has 0 saturated carbocycles. The summed E-state index contributed by atoms with van der Waals surface area (Å²) in [6.45, 7) is 6.82. The van der Waals surface area contributed by atoms with Gasteiger partial charge in [-0.3, -0.25) is 0 Å². The Morgan fingerprint density at radius 3 is 1.74 bits per heavy atom. The van der Waals surface area contributed by atoms with Crippen molar-refractivity contribution in [3.63, 3.8) is 0 Å². The van der Waals surface area contributed by atoms with Crippen molar-refractivity contribution >= 4 is 0 Å². The Labute approximate surface area is 145 Å². The Morgan fingerprint density at radius 1 is 0.696 bits per heavy atom. The Kier molecular flexibility index (Phi) is 14.2. The van der Waals surface area contributed by atoms with Crippen LogP contribution in [0.5, 0.6) is 0 Å². The lowest BCUT2D eigenvalue weighted by Gasteiger charge is -2.38. The minimum Gasteiger partial charge on any atom is -0.331 e. The highest BCUT2D eigenvalue weighted by molar-refractivity contribution is 4.75. The minimum absolute atomic E-state index is 0.297. The maximum absolute atomic E-state index is 5.68. The lowest BCUT2D eigenvalue weighted by molar-refractivity contribution is -0.381. The Morgan fingerprint density at radius 2 is 1.26 bits per heavy atom. The topological polar surface area (TPSA) is 27.7 Å². The van der Waals surface area contributed by atoms with E-state index in [2.05, 4.69) is 20.8 Å². The molecule has 0 aromatic rings. The number of methoxy groups -OCH3 is 3. The zero-order valence-corrected chi connectivity index (χ0v) is 16.7. The molecule has 0 aliphatic heterocycles. The van der Waals surface area contributed by atoms with Crippen LogP contribution in [-0.2, 0) is 14.2 Å². The zero-order chi connectivity index (χ0) is 17.6. The summed E-state index contributed by atoms with van der Waals surface area (Å²) >= 11 is 0. The van der Waals surface area contributed by atoms with Gasteiger partial charge in [-0.2, -0.15) is 0 Å². The van der Waals surface area contributed by atoms with Gasteiger partial charge in [0, 0.05) is 27.2 Å². The predicted molar refractivity (Wildman–Crippen MR) is 98.5 cm³/mol. The molecule has 140 valence electrons. The van der Waals surface area contributed by atoms with Crippen LogP contribution < -0.4 is 0 Å². The summed E-state index contributed by atoms with van der Waals surface area (Å²) in [6, 6.07) is 0. The van der Waals surface area contributed by atoms with Gasteiger partial charge in [-0.05, 0) is 18.8 Å². The third-order valence-electron chi connectivity index (χ3n) is 5.17. The van der Waals surface area contributed by atoms with E-state index < -0.39 is 5.97 Å². The fraction of sp³-hybridized carbons (Fsp3) is 1.00. The molecule has 0 amide bonds. The monoisotopic (exact) mass is 330 g/mol. The zero-order valence-electron chi connectivity index (χ0n) is 16.7. The maximum Gasteiger partial charge on any atom is 0.285 e. The molecule has 0 N–H and O–H groups in total. The molecule has 0 aliphatic carbocycles. The molecule has 0 rings (SSSR count). The molecule has 0 bridgehead atoms. The highest BCUT2D eigenvalue weighted by atomic mass is 16.9. The van der Waals surface area contributed by atoms with Crippen molar-refractivity contribution in [1.82, 2.24) is 0 Å². The van der Waals surface area contributed by atoms with E-state index in [0.29, 0.717) is 5.92 Å². The van der Waals surface area contributed by atoms with Crippen LogP contribution in [-0.4, -0.2) is 27.3 Å². The van der Waals surface area contributed by atoms with Crippen molar-refractivity contribution in [3.8, 4) is 0 Å². The second-order valence-corrected chi connectivity index (χ2v) is 6.77. The van der Waals surface area contributed by atoms with Gasteiger partial charge in [-0.25, -0.2) is 0 Å². The third kappa shape index (κ3) is 8.51. The van der Waals surface area contributed by atoms with E-state index >= 15 is 0 Å². The van der Waals surface area contributed by atoms with Gasteiger partial charge >= 0.3 is 0 Å². The van der Waals surface area contributed by atoms with Gasteiger partial charge in [-0.1, -0.05) is 78.6 Å². The van der Waals surface area contributed by atoms with Gasteiger partial charge in [0.25, 0.3) is 5.97 Å². The quantitative estimate of drug-likeness (QED) is 0.250. The highest BCUT2D eigenvalue weighted by Gasteiger charge is 2.40. The molecule has 2 atom stereocenters. The minimum atomic E-state index is -0.885. The van der Waals surface area contributed by atoms with Gasteiger partial charge in [-0.15, -0.1) is 0 Å². The number of hydrogen-bond acceptors (Lipinski definition) is 3. The van der Waals surface area contributed by atoms with Crippen LogP contribution in [0, 0.1) is 11.8 Å². The van der Waals surface area contributed by atoms with Crippen molar-refractivity contribution in [2.75, 3.05) is 21.3 Å². The van der Waals surface area contributed by atoms with E-state index in [1.807, 2.05) is 0 Å². The summed E-state index contributed by atoms with van der Waals surface area (Å²) in [5, 5.41) is 0. The summed E-state index contributed by atoms with van der Waals surface area (Å²) in [7, 11) is 5.10. The molecule has 0 heterocycles. The molecular weight excluding hydrogens is 288 g/mol. The Hall–Kier alpha value is -0.120. The van der Waals surface area contributed by atoms with Crippen LogP contribution in [0.2, 0.25) is 0 Å². The van der Waals surface area contributed by atoms with Crippen LogP contribution in [0.25, 0.3) is 0 Å². The largest absolute Gasteiger partial charge is 0.331 e. The molecule has 0 radical (unpaired) electrons. The average molecular weight is 331 g/mol. The van der Waals surface area contributed by atoms with Crippen LogP contribution >= 0.6 is 0 Å². The number of rotatable bonds is 16. The number of ether oxygens (including phenoxy) is 3. The molecule has 0 fully saturated rings. The fourth-order valence-corrected chi connectivity index (χ4v) is 3.57. The van der Waals surface area contributed by atoms with E-state index in [9.17, 15) is 0 Å². The summed E-state index contributed by atoms with van der Waals surface area (Å²) in [5.74, 6) is 0.144. The van der Waals surface area contributed by atoms with Gasteiger partial charge in [0.2, 0.25) is 0 Å². The van der Waals surface area contributed by atoms with Crippen molar-refractivity contribution < 1.29 is 14.2 Å². The van der Waals surface area contributed by atoms with Gasteiger partial charge < -0.3 is 14.2 Å². The van der Waals surface area contributed by atoms with Crippen molar-refractivity contribution in [2.24, 2.45) is 11.8 Å². The molecular formula is C20H42O3. The molecule has 0 aliphatic rings. The van der Waals surface area contributed by atoms with Crippen molar-refractivity contribution in [2.45, 2.75) is 97.4 Å². The number of hydrogen-bond donors (Lipinski definition) is 0. The summed E-state index contributed by atoms with van der Waals surface area (Å²) in [4.78, 5) is 0. The molecule has 3 nitrogen and oxygen atoms in total. The van der Waals surface area contributed by atoms with Crippen LogP contribution in [0.1, 0.15) is 91.4 Å². The number of unbranched alkanes of at least 4 members (excludes halogenated alkanes) is 5. The van der Waals surface area contributed by atoms with E-state index in [4.69, 9.17) is 14.2 Å². The van der Waals surface area contributed by atoms with E-state index in [-0.39, 0.29) is 0 Å². The van der Waals surface area contributed by atoms with Gasteiger partial charge in [0.15, 0.2) is 0 Å². The first-order chi connectivity index (χ1) is 11.1. The molecule has 0 saturated heterocycles. The standard InChI is InChI=1S/C20H42O3/c1-7-10-12-13-14-16-19(20(21-4,22-5)23-6)17-18(9-3)15-11-8-2/h18-19H,7-17H2,1-6H3. The summed E-state index contributed by atoms with van der Waals surface area (Å²) in [5.41, 5.74) is 0. The molecule has 0 spiro atoms. The van der Waals surface area contributed by atoms with Crippen LogP contribution in [0.3, 0.4) is 0 Å². The second kappa shape index (κ2) is 14.2. The molecule has 2 unspecified atom stereocenters. The fourth-order valence-electron chi connectivity index (χ4n) is 3.57. The van der Waals surface area contributed by atoms with Gasteiger partial charge in [0.1, 0.15) is 0 Å². The Bertz CT molecular complexity index is 243. The Balaban J connectivity index is 4.76. The van der Waals surface area contributed by atoms with Gasteiger partial charge in [0.05, 0.1) is 0 Å². The first-order valence-corrected chi connectivity index (χ1v) is 9.79. The predicted octanol–water partition coefficient (Wildman–Crippen LogP) is 6.16. The van der Waals surface area contributed by atoms with E-state index in [1.165, 1.54) is 57.8 Å². The molecule has 3 heteroatoms. The molecule has 23 heavy (non-hydrogen) atoms. The lowest BCUT2D eigenvalue weighted by Crippen LogP contribution is -2.44. The highest BCUT2D eigenvalue weighted by Crippen LogP contribution is 2.35. The SMILES string of the molecule is CCCCCCCC(CC(CC)CCCC)C(OC)(OC)OC. The second-order valence-electron chi connectivity index (χ2n) is 6.77. The summed E-state index contributed by atoms with van der Waals surface area (Å²) < 4.78 is 17.0. The molecule has 0 aromatic carbocycles. The third-order valence-corrected chi connectivity index (χ3v) is 5.17. The average Bonchev–Trinajstić information content (AvgIpc) is 2.59. The maximum atomic E-state index is 5.68. The lowest BCUT2D eigenvalue weighted by atomic mass is 9.84. The van der Waals surface area contributed by atoms with E-state index in [0.717, 1.165) is 18.8 Å². The first-order valence-electron chi connectivity index (χ1n) is 9.79. The van der Waals surface area contributed by atoms with Crippen molar-refractivity contribution in [3.05, 3.63) is 0 Å². The normalized spacial score (nSPS) is 14.9. The first kappa shape index (κ1) is 22.9.